The first-order chi connectivity index (χ1) is 10.9. The smallest absolute Gasteiger partial charge is 0.0722 e. The molecule has 3 heteroatoms. The summed E-state index contributed by atoms with van der Waals surface area (Å²) in [6.07, 6.45) is 5.67. The summed E-state index contributed by atoms with van der Waals surface area (Å²) in [5.41, 5.74) is 3.29. The molecule has 0 atom stereocenters. The molecule has 0 unspecified atom stereocenters. The molecular weight excluding hydrogens is 270 g/mol. The molecule has 0 saturated heterocycles. The fourth-order valence-corrected chi connectivity index (χ4v) is 2.76. The highest BCUT2D eigenvalue weighted by Gasteiger charge is 2.04. The Hall–Kier alpha value is -2.94. The zero-order chi connectivity index (χ0) is 14.8. The van der Waals surface area contributed by atoms with E-state index in [1.54, 1.807) is 0 Å². The summed E-state index contributed by atoms with van der Waals surface area (Å²) in [6.45, 7) is 0.738. The summed E-state index contributed by atoms with van der Waals surface area (Å²) < 4.78 is 0. The zero-order valence-corrected chi connectivity index (χ0v) is 12.0. The summed E-state index contributed by atoms with van der Waals surface area (Å²) in [7, 11) is 0. The van der Waals surface area contributed by atoms with E-state index in [1.807, 2.05) is 48.9 Å². The van der Waals surface area contributed by atoms with Crippen molar-refractivity contribution in [2.45, 2.75) is 6.54 Å². The Morgan fingerprint density at radius 2 is 1.64 bits per heavy atom. The van der Waals surface area contributed by atoms with Crippen LogP contribution in [0.5, 0.6) is 0 Å². The lowest BCUT2D eigenvalue weighted by Gasteiger charge is -2.11. The number of aromatic nitrogens is 2. The van der Waals surface area contributed by atoms with Crippen molar-refractivity contribution in [2.24, 2.45) is 0 Å². The van der Waals surface area contributed by atoms with Crippen molar-refractivity contribution >= 4 is 27.4 Å². The first-order valence-corrected chi connectivity index (χ1v) is 7.31. The van der Waals surface area contributed by atoms with Crippen LogP contribution in [-0.4, -0.2) is 9.97 Å². The van der Waals surface area contributed by atoms with E-state index in [4.69, 9.17) is 0 Å². The quantitative estimate of drug-likeness (QED) is 0.606. The minimum atomic E-state index is 0.738. The average Bonchev–Trinajstić information content (AvgIpc) is 2.60. The Bertz CT molecular complexity index is 857. The van der Waals surface area contributed by atoms with Crippen LogP contribution in [0.1, 0.15) is 5.56 Å². The van der Waals surface area contributed by atoms with Gasteiger partial charge in [-0.2, -0.15) is 0 Å². The van der Waals surface area contributed by atoms with Gasteiger partial charge in [0.05, 0.1) is 5.52 Å². The van der Waals surface area contributed by atoms with Gasteiger partial charge in [0.15, 0.2) is 0 Å². The Morgan fingerprint density at radius 3 is 2.59 bits per heavy atom. The molecule has 1 N–H and O–H groups in total. The van der Waals surface area contributed by atoms with Gasteiger partial charge < -0.3 is 5.32 Å². The van der Waals surface area contributed by atoms with Crippen LogP contribution < -0.4 is 5.32 Å². The van der Waals surface area contributed by atoms with E-state index in [0.29, 0.717) is 0 Å². The maximum absolute atomic E-state index is 4.39. The number of nitrogens with zero attached hydrogens (tertiary/aromatic N) is 2. The van der Waals surface area contributed by atoms with Gasteiger partial charge in [-0.1, -0.05) is 42.5 Å². The molecule has 2 aromatic carbocycles. The molecule has 4 aromatic rings. The minimum Gasteiger partial charge on any atom is -0.380 e. The topological polar surface area (TPSA) is 37.8 Å². The third kappa shape index (κ3) is 2.27. The molecule has 0 aliphatic rings. The predicted octanol–water partition coefficient (Wildman–Crippen LogP) is 4.40. The van der Waals surface area contributed by atoms with Gasteiger partial charge in [0.1, 0.15) is 0 Å². The number of pyridine rings is 2. The van der Waals surface area contributed by atoms with Crippen molar-refractivity contribution in [3.05, 3.63) is 78.8 Å². The summed E-state index contributed by atoms with van der Waals surface area (Å²) in [6, 6.07) is 18.5. The molecular formula is C19H15N3. The Balaban J connectivity index is 1.69. The molecule has 106 valence electrons. The number of para-hydroxylation sites is 1. The van der Waals surface area contributed by atoms with Crippen molar-refractivity contribution in [2.75, 3.05) is 5.32 Å². The summed E-state index contributed by atoms with van der Waals surface area (Å²) in [5, 5.41) is 7.06. The predicted molar refractivity (Wildman–Crippen MR) is 90.8 cm³/mol. The molecule has 22 heavy (non-hydrogen) atoms. The molecule has 0 fully saturated rings. The molecule has 0 radical (unpaired) electrons. The van der Waals surface area contributed by atoms with Crippen LogP contribution in [0.15, 0.2) is 73.2 Å². The third-order valence-corrected chi connectivity index (χ3v) is 3.87. The number of hydrogen-bond donors (Lipinski definition) is 1. The Labute approximate surface area is 128 Å². The Kier molecular flexibility index (Phi) is 3.16. The van der Waals surface area contributed by atoms with Gasteiger partial charge in [0, 0.05) is 41.6 Å². The SMILES string of the molecule is c1ccc2c(CNc3ccnc4ccccc34)cncc2c1. The van der Waals surface area contributed by atoms with Gasteiger partial charge in [-0.3, -0.25) is 9.97 Å². The fourth-order valence-electron chi connectivity index (χ4n) is 2.76. The van der Waals surface area contributed by atoms with Crippen LogP contribution >= 0.6 is 0 Å². The van der Waals surface area contributed by atoms with Gasteiger partial charge in [-0.25, -0.2) is 0 Å². The highest BCUT2D eigenvalue weighted by molar-refractivity contribution is 5.91. The van der Waals surface area contributed by atoms with E-state index in [2.05, 4.69) is 39.6 Å². The van der Waals surface area contributed by atoms with Crippen LogP contribution in [0.25, 0.3) is 21.7 Å². The molecule has 0 bridgehead atoms. The summed E-state index contributed by atoms with van der Waals surface area (Å²) >= 11 is 0. The van der Waals surface area contributed by atoms with Crippen molar-refractivity contribution in [3.63, 3.8) is 0 Å². The molecule has 0 aliphatic carbocycles. The van der Waals surface area contributed by atoms with Crippen molar-refractivity contribution in [3.8, 4) is 0 Å². The molecule has 0 saturated carbocycles. The highest BCUT2D eigenvalue weighted by atomic mass is 14.9. The maximum Gasteiger partial charge on any atom is 0.0722 e. The second-order valence-corrected chi connectivity index (χ2v) is 5.25. The monoisotopic (exact) mass is 285 g/mol. The number of hydrogen-bond acceptors (Lipinski definition) is 3. The standard InChI is InChI=1S/C19H15N3/c1-2-6-16-14(5-1)11-20-12-15(16)13-22-19-9-10-21-18-8-4-3-7-17(18)19/h1-12H,13H2,(H,21,22). The second-order valence-electron chi connectivity index (χ2n) is 5.25. The maximum atomic E-state index is 4.39. The van der Waals surface area contributed by atoms with Crippen LogP contribution in [0.2, 0.25) is 0 Å². The van der Waals surface area contributed by atoms with Gasteiger partial charge in [-0.05, 0) is 23.1 Å². The van der Waals surface area contributed by atoms with E-state index in [1.165, 1.54) is 16.3 Å². The molecule has 0 spiro atoms. The molecule has 2 heterocycles. The number of benzene rings is 2. The second kappa shape index (κ2) is 5.45. The largest absolute Gasteiger partial charge is 0.380 e. The number of fused-ring (bicyclic) bond motifs is 2. The van der Waals surface area contributed by atoms with Gasteiger partial charge >= 0.3 is 0 Å². The molecule has 0 aliphatic heterocycles. The highest BCUT2D eigenvalue weighted by Crippen LogP contribution is 2.23. The normalized spacial score (nSPS) is 10.9. The number of nitrogens with one attached hydrogen (secondary N) is 1. The van der Waals surface area contributed by atoms with Crippen molar-refractivity contribution < 1.29 is 0 Å². The van der Waals surface area contributed by atoms with Crippen LogP contribution in [0.3, 0.4) is 0 Å². The summed E-state index contributed by atoms with van der Waals surface area (Å²) in [5.74, 6) is 0. The van der Waals surface area contributed by atoms with Crippen molar-refractivity contribution in [1.82, 2.24) is 9.97 Å². The van der Waals surface area contributed by atoms with Gasteiger partial charge in [0.25, 0.3) is 0 Å². The molecule has 0 amide bonds. The van der Waals surface area contributed by atoms with E-state index >= 15 is 0 Å². The molecule has 2 aromatic heterocycles. The third-order valence-electron chi connectivity index (χ3n) is 3.87. The van der Waals surface area contributed by atoms with E-state index in [0.717, 1.165) is 23.1 Å². The lowest BCUT2D eigenvalue weighted by atomic mass is 10.1. The van der Waals surface area contributed by atoms with Crippen LogP contribution in [0, 0.1) is 0 Å². The van der Waals surface area contributed by atoms with E-state index in [9.17, 15) is 0 Å². The zero-order valence-electron chi connectivity index (χ0n) is 12.0. The first kappa shape index (κ1) is 12.8. The van der Waals surface area contributed by atoms with Crippen LogP contribution in [-0.2, 0) is 6.54 Å². The van der Waals surface area contributed by atoms with Crippen molar-refractivity contribution in [1.29, 1.82) is 0 Å². The molecule has 4 rings (SSSR count). The lowest BCUT2D eigenvalue weighted by Crippen LogP contribution is -2.01. The van der Waals surface area contributed by atoms with E-state index in [-0.39, 0.29) is 0 Å². The fraction of sp³-hybridized carbons (Fsp3) is 0.0526. The number of anilines is 1. The summed E-state index contributed by atoms with van der Waals surface area (Å²) in [4.78, 5) is 8.73. The first-order valence-electron chi connectivity index (χ1n) is 7.31. The van der Waals surface area contributed by atoms with E-state index < -0.39 is 0 Å². The van der Waals surface area contributed by atoms with Gasteiger partial charge in [0.2, 0.25) is 0 Å². The molecule has 3 nitrogen and oxygen atoms in total. The minimum absolute atomic E-state index is 0.738. The number of rotatable bonds is 3. The average molecular weight is 285 g/mol. The lowest BCUT2D eigenvalue weighted by molar-refractivity contribution is 1.14. The van der Waals surface area contributed by atoms with Crippen LogP contribution in [0.4, 0.5) is 5.69 Å². The van der Waals surface area contributed by atoms with Gasteiger partial charge in [-0.15, -0.1) is 0 Å². The Morgan fingerprint density at radius 1 is 0.818 bits per heavy atom.